The van der Waals surface area contributed by atoms with E-state index in [0.29, 0.717) is 21.9 Å². The fraction of sp³-hybridized carbons (Fsp3) is 0.273. The van der Waals surface area contributed by atoms with Crippen molar-refractivity contribution in [2.45, 2.75) is 4.21 Å². The molecule has 3 rings (SSSR count). The van der Waals surface area contributed by atoms with Gasteiger partial charge in [-0.2, -0.15) is 0 Å². The summed E-state index contributed by atoms with van der Waals surface area (Å²) < 4.78 is 26.0. The number of thiophene rings is 1. The van der Waals surface area contributed by atoms with Gasteiger partial charge in [-0.1, -0.05) is 11.6 Å². The molecule has 1 saturated heterocycles. The SMILES string of the molecule is O=C1CNCCN1S(=O)(=O)c1cc2ccc(Cl)nc2s1. The number of hydrogen-bond donors (Lipinski definition) is 1. The molecule has 106 valence electrons. The van der Waals surface area contributed by atoms with Gasteiger partial charge < -0.3 is 5.32 Å². The first-order valence-corrected chi connectivity index (χ1v) is 8.44. The molecule has 0 saturated carbocycles. The highest BCUT2D eigenvalue weighted by Gasteiger charge is 2.32. The lowest BCUT2D eigenvalue weighted by Crippen LogP contribution is -2.50. The Morgan fingerprint density at radius 3 is 2.95 bits per heavy atom. The van der Waals surface area contributed by atoms with Crippen molar-refractivity contribution in [3.05, 3.63) is 23.4 Å². The van der Waals surface area contributed by atoms with Crippen LogP contribution in [-0.4, -0.2) is 43.2 Å². The van der Waals surface area contributed by atoms with E-state index in [-0.39, 0.29) is 17.3 Å². The van der Waals surface area contributed by atoms with Gasteiger partial charge in [0.2, 0.25) is 5.91 Å². The molecular formula is C11H10ClN3O3S2. The number of aromatic nitrogens is 1. The number of rotatable bonds is 2. The maximum atomic E-state index is 12.5. The van der Waals surface area contributed by atoms with Gasteiger partial charge in [-0.3, -0.25) is 4.79 Å². The predicted molar refractivity (Wildman–Crippen MR) is 76.4 cm³/mol. The topological polar surface area (TPSA) is 79.4 Å². The number of pyridine rings is 1. The first-order valence-electron chi connectivity index (χ1n) is 5.81. The van der Waals surface area contributed by atoms with Crippen LogP contribution in [0.2, 0.25) is 5.15 Å². The highest BCUT2D eigenvalue weighted by molar-refractivity contribution is 7.92. The number of piperazine rings is 1. The van der Waals surface area contributed by atoms with Gasteiger partial charge in [-0.15, -0.1) is 11.3 Å². The lowest BCUT2D eigenvalue weighted by Gasteiger charge is -2.25. The molecule has 3 heterocycles. The molecule has 20 heavy (non-hydrogen) atoms. The van der Waals surface area contributed by atoms with Crippen molar-refractivity contribution in [1.29, 1.82) is 0 Å². The summed E-state index contributed by atoms with van der Waals surface area (Å²) >= 11 is 6.80. The van der Waals surface area contributed by atoms with Gasteiger partial charge in [0.05, 0.1) is 6.54 Å². The van der Waals surface area contributed by atoms with Crippen LogP contribution in [0.4, 0.5) is 0 Å². The standard InChI is InChI=1S/C11H10ClN3O3S2/c12-8-2-1-7-5-10(19-11(7)14-8)20(17,18)15-4-3-13-6-9(15)16/h1-2,5,13H,3-4,6H2. The third-order valence-electron chi connectivity index (χ3n) is 2.92. The number of nitrogens with zero attached hydrogens (tertiary/aromatic N) is 2. The summed E-state index contributed by atoms with van der Waals surface area (Å²) in [6.45, 7) is 0.637. The van der Waals surface area contributed by atoms with E-state index in [2.05, 4.69) is 10.3 Å². The lowest BCUT2D eigenvalue weighted by atomic mass is 10.4. The molecule has 1 aliphatic heterocycles. The van der Waals surface area contributed by atoms with Crippen molar-refractivity contribution >= 4 is 49.1 Å². The normalized spacial score (nSPS) is 16.9. The third kappa shape index (κ3) is 2.28. The number of sulfonamides is 1. The number of carbonyl (C=O) groups excluding carboxylic acids is 1. The molecule has 1 N–H and O–H groups in total. The minimum absolute atomic E-state index is 0.0359. The van der Waals surface area contributed by atoms with E-state index in [0.717, 1.165) is 15.6 Å². The molecule has 0 radical (unpaired) electrons. The van der Waals surface area contributed by atoms with Crippen LogP contribution >= 0.6 is 22.9 Å². The van der Waals surface area contributed by atoms with Gasteiger partial charge in [-0.05, 0) is 18.2 Å². The molecule has 1 amide bonds. The van der Waals surface area contributed by atoms with E-state index in [1.165, 1.54) is 6.07 Å². The van der Waals surface area contributed by atoms with Crippen LogP contribution in [0, 0.1) is 0 Å². The second-order valence-corrected chi connectivity index (χ2v) is 7.75. The highest BCUT2D eigenvalue weighted by atomic mass is 35.5. The van der Waals surface area contributed by atoms with Crippen LogP contribution in [0.1, 0.15) is 0 Å². The molecule has 0 unspecified atom stereocenters. The van der Waals surface area contributed by atoms with Crippen molar-refractivity contribution in [3.63, 3.8) is 0 Å². The summed E-state index contributed by atoms with van der Waals surface area (Å²) in [6.07, 6.45) is 0. The van der Waals surface area contributed by atoms with Crippen LogP contribution in [0.3, 0.4) is 0 Å². The molecule has 1 aliphatic rings. The Hall–Kier alpha value is -1.22. The Bertz CT molecular complexity index is 787. The average molecular weight is 332 g/mol. The third-order valence-corrected chi connectivity index (χ3v) is 6.44. The number of carbonyl (C=O) groups is 1. The van der Waals surface area contributed by atoms with E-state index >= 15 is 0 Å². The molecule has 0 bridgehead atoms. The summed E-state index contributed by atoms with van der Waals surface area (Å²) in [6, 6.07) is 4.83. The van der Waals surface area contributed by atoms with Gasteiger partial charge in [-0.25, -0.2) is 17.7 Å². The van der Waals surface area contributed by atoms with Crippen LogP contribution in [0.5, 0.6) is 0 Å². The predicted octanol–water partition coefficient (Wildman–Crippen LogP) is 1.07. The monoisotopic (exact) mass is 331 g/mol. The summed E-state index contributed by atoms with van der Waals surface area (Å²) in [5.41, 5.74) is 0. The molecule has 6 nitrogen and oxygen atoms in total. The summed E-state index contributed by atoms with van der Waals surface area (Å²) in [4.78, 5) is 16.4. The molecule has 0 aromatic carbocycles. The Balaban J connectivity index is 2.06. The van der Waals surface area contributed by atoms with E-state index < -0.39 is 15.9 Å². The fourth-order valence-electron chi connectivity index (χ4n) is 1.95. The fourth-order valence-corrected chi connectivity index (χ4v) is 5.00. The zero-order valence-corrected chi connectivity index (χ0v) is 12.6. The van der Waals surface area contributed by atoms with E-state index in [1.54, 1.807) is 12.1 Å². The Morgan fingerprint density at radius 1 is 1.40 bits per heavy atom. The molecule has 0 aliphatic carbocycles. The highest BCUT2D eigenvalue weighted by Crippen LogP contribution is 2.30. The van der Waals surface area contributed by atoms with Crippen molar-refractivity contribution in [2.75, 3.05) is 19.6 Å². The quantitative estimate of drug-likeness (QED) is 0.833. The number of amides is 1. The van der Waals surface area contributed by atoms with E-state index in [9.17, 15) is 13.2 Å². The molecule has 0 atom stereocenters. The summed E-state index contributed by atoms with van der Waals surface area (Å²) in [7, 11) is -3.81. The second-order valence-electron chi connectivity index (χ2n) is 4.24. The number of fused-ring (bicyclic) bond motifs is 1. The smallest absolute Gasteiger partial charge is 0.276 e. The number of nitrogens with one attached hydrogen (secondary N) is 1. The number of hydrogen-bond acceptors (Lipinski definition) is 6. The van der Waals surface area contributed by atoms with Gasteiger partial charge in [0.1, 0.15) is 14.2 Å². The average Bonchev–Trinajstić information content (AvgIpc) is 2.82. The Morgan fingerprint density at radius 2 is 2.20 bits per heavy atom. The molecule has 9 heteroatoms. The lowest BCUT2D eigenvalue weighted by molar-refractivity contribution is -0.126. The Kier molecular flexibility index (Phi) is 3.41. The molecule has 2 aromatic heterocycles. The minimum Gasteiger partial charge on any atom is -0.307 e. The van der Waals surface area contributed by atoms with Gasteiger partial charge in [0.15, 0.2) is 0 Å². The summed E-state index contributed by atoms with van der Waals surface area (Å²) in [5, 5.41) is 3.84. The van der Waals surface area contributed by atoms with Crippen molar-refractivity contribution < 1.29 is 13.2 Å². The minimum atomic E-state index is -3.81. The second kappa shape index (κ2) is 4.96. The van der Waals surface area contributed by atoms with Gasteiger partial charge in [0, 0.05) is 18.5 Å². The summed E-state index contributed by atoms with van der Waals surface area (Å²) in [5.74, 6) is -0.445. The van der Waals surface area contributed by atoms with E-state index in [4.69, 9.17) is 11.6 Å². The van der Waals surface area contributed by atoms with Crippen LogP contribution < -0.4 is 5.32 Å². The van der Waals surface area contributed by atoms with Crippen molar-refractivity contribution in [1.82, 2.24) is 14.6 Å². The molecule has 1 fully saturated rings. The first-order chi connectivity index (χ1) is 9.48. The zero-order chi connectivity index (χ0) is 14.3. The van der Waals surface area contributed by atoms with Gasteiger partial charge >= 0.3 is 0 Å². The van der Waals surface area contributed by atoms with Crippen molar-refractivity contribution in [3.8, 4) is 0 Å². The Labute approximate surface area is 124 Å². The van der Waals surface area contributed by atoms with Crippen LogP contribution in [-0.2, 0) is 14.8 Å². The van der Waals surface area contributed by atoms with Crippen LogP contribution in [0.15, 0.2) is 22.4 Å². The van der Waals surface area contributed by atoms with E-state index in [1.807, 2.05) is 0 Å². The maximum absolute atomic E-state index is 12.5. The first kappa shape index (κ1) is 13.7. The molecular weight excluding hydrogens is 322 g/mol. The molecule has 0 spiro atoms. The number of halogens is 1. The molecule has 2 aromatic rings. The maximum Gasteiger partial charge on any atom is 0.276 e. The zero-order valence-electron chi connectivity index (χ0n) is 10.2. The largest absolute Gasteiger partial charge is 0.307 e. The van der Waals surface area contributed by atoms with Crippen molar-refractivity contribution in [2.24, 2.45) is 0 Å². The van der Waals surface area contributed by atoms with Crippen LogP contribution in [0.25, 0.3) is 10.2 Å². The van der Waals surface area contributed by atoms with Gasteiger partial charge in [0.25, 0.3) is 10.0 Å².